The van der Waals surface area contributed by atoms with Gasteiger partial charge in [-0.1, -0.05) is 13.3 Å². The van der Waals surface area contributed by atoms with E-state index in [-0.39, 0.29) is 12.1 Å². The van der Waals surface area contributed by atoms with Crippen molar-refractivity contribution in [2.45, 2.75) is 57.0 Å². The van der Waals surface area contributed by atoms with Gasteiger partial charge in [-0.15, -0.1) is 0 Å². The van der Waals surface area contributed by atoms with Gasteiger partial charge in [0.1, 0.15) is 0 Å². The van der Waals surface area contributed by atoms with E-state index in [2.05, 4.69) is 12.2 Å². The Hall–Kier alpha value is -0.120. The lowest BCUT2D eigenvalue weighted by atomic mass is 9.95. The Labute approximate surface area is 98.6 Å². The molecule has 2 aliphatic carbocycles. The van der Waals surface area contributed by atoms with Gasteiger partial charge < -0.3 is 15.2 Å². The van der Waals surface area contributed by atoms with E-state index in [0.717, 1.165) is 13.0 Å². The molecule has 1 unspecified atom stereocenters. The maximum absolute atomic E-state index is 9.68. The molecule has 0 spiro atoms. The van der Waals surface area contributed by atoms with Crippen molar-refractivity contribution in [2.24, 2.45) is 5.92 Å². The smallest absolute Gasteiger partial charge is 0.0681 e. The molecule has 16 heavy (non-hydrogen) atoms. The number of aliphatic hydroxyl groups is 1. The van der Waals surface area contributed by atoms with Crippen LogP contribution in [-0.4, -0.2) is 36.5 Å². The van der Waals surface area contributed by atoms with Crippen LogP contribution in [-0.2, 0) is 4.74 Å². The first-order valence-electron chi connectivity index (χ1n) is 6.77. The summed E-state index contributed by atoms with van der Waals surface area (Å²) < 4.78 is 5.74. The lowest BCUT2D eigenvalue weighted by Crippen LogP contribution is -2.55. The minimum atomic E-state index is -0.130. The van der Waals surface area contributed by atoms with E-state index in [4.69, 9.17) is 4.74 Å². The number of aliphatic hydroxyl groups excluding tert-OH is 1. The number of nitrogens with one attached hydrogen (secondary N) is 1. The van der Waals surface area contributed by atoms with Gasteiger partial charge in [0.15, 0.2) is 0 Å². The van der Waals surface area contributed by atoms with Gasteiger partial charge in [-0.05, 0) is 38.0 Å². The Morgan fingerprint density at radius 1 is 1.31 bits per heavy atom. The molecule has 0 aromatic heterocycles. The minimum absolute atomic E-state index is 0.130. The van der Waals surface area contributed by atoms with E-state index in [0.29, 0.717) is 18.6 Å². The lowest BCUT2D eigenvalue weighted by molar-refractivity contribution is 0.0215. The number of rotatable bonds is 9. The Morgan fingerprint density at radius 2 is 2.06 bits per heavy atom. The molecule has 1 atom stereocenters. The highest BCUT2D eigenvalue weighted by molar-refractivity contribution is 5.04. The molecule has 0 heterocycles. The zero-order chi connectivity index (χ0) is 11.4. The van der Waals surface area contributed by atoms with E-state index in [1.165, 1.54) is 32.1 Å². The first kappa shape index (κ1) is 12.3. The standard InChI is InChI=1S/C13H25NO2/c1-2-3-8-16-10-13(9-15,11-4-5-11)14-12-6-7-12/h11-12,14-15H,2-10H2,1H3. The van der Waals surface area contributed by atoms with Crippen LogP contribution in [0.15, 0.2) is 0 Å². The van der Waals surface area contributed by atoms with E-state index < -0.39 is 0 Å². The molecule has 0 saturated heterocycles. The monoisotopic (exact) mass is 227 g/mol. The third kappa shape index (κ3) is 3.19. The maximum Gasteiger partial charge on any atom is 0.0681 e. The Morgan fingerprint density at radius 3 is 2.56 bits per heavy atom. The number of hydrogen-bond acceptors (Lipinski definition) is 3. The zero-order valence-electron chi connectivity index (χ0n) is 10.4. The fourth-order valence-electron chi connectivity index (χ4n) is 2.27. The van der Waals surface area contributed by atoms with Crippen molar-refractivity contribution in [1.82, 2.24) is 5.32 Å². The molecule has 0 bridgehead atoms. The Balaban J connectivity index is 1.79. The maximum atomic E-state index is 9.68. The van der Waals surface area contributed by atoms with E-state index in [1.54, 1.807) is 0 Å². The second-order valence-electron chi connectivity index (χ2n) is 5.41. The molecule has 0 aromatic carbocycles. The van der Waals surface area contributed by atoms with Gasteiger partial charge in [0.2, 0.25) is 0 Å². The highest BCUT2D eigenvalue weighted by atomic mass is 16.5. The minimum Gasteiger partial charge on any atom is -0.394 e. The van der Waals surface area contributed by atoms with Crippen molar-refractivity contribution in [2.75, 3.05) is 19.8 Å². The van der Waals surface area contributed by atoms with Gasteiger partial charge in [0.05, 0.1) is 18.8 Å². The summed E-state index contributed by atoms with van der Waals surface area (Å²) in [4.78, 5) is 0. The third-order valence-corrected chi connectivity index (χ3v) is 3.71. The van der Waals surface area contributed by atoms with Crippen LogP contribution in [0.25, 0.3) is 0 Å². The molecule has 0 radical (unpaired) electrons. The molecule has 3 heteroatoms. The van der Waals surface area contributed by atoms with Crippen LogP contribution in [0.3, 0.4) is 0 Å². The molecule has 2 N–H and O–H groups in total. The average molecular weight is 227 g/mol. The van der Waals surface area contributed by atoms with Crippen molar-refractivity contribution in [3.05, 3.63) is 0 Å². The van der Waals surface area contributed by atoms with Gasteiger partial charge in [0.25, 0.3) is 0 Å². The molecule has 2 saturated carbocycles. The second kappa shape index (κ2) is 5.48. The molecule has 0 amide bonds. The van der Waals surface area contributed by atoms with Crippen LogP contribution >= 0.6 is 0 Å². The summed E-state index contributed by atoms with van der Waals surface area (Å²) in [5, 5.41) is 13.3. The molecule has 2 rings (SSSR count). The molecule has 94 valence electrons. The molecular weight excluding hydrogens is 202 g/mol. The quantitative estimate of drug-likeness (QED) is 0.589. The summed E-state index contributed by atoms with van der Waals surface area (Å²) >= 11 is 0. The lowest BCUT2D eigenvalue weighted by Gasteiger charge is -2.33. The van der Waals surface area contributed by atoms with Crippen molar-refractivity contribution >= 4 is 0 Å². The number of ether oxygens (including phenoxy) is 1. The third-order valence-electron chi connectivity index (χ3n) is 3.71. The molecule has 2 fully saturated rings. The highest BCUT2D eigenvalue weighted by Gasteiger charge is 2.47. The van der Waals surface area contributed by atoms with Crippen molar-refractivity contribution < 1.29 is 9.84 Å². The number of unbranched alkanes of at least 4 members (excludes halogenated alkanes) is 1. The van der Waals surface area contributed by atoms with Crippen LogP contribution in [0, 0.1) is 5.92 Å². The van der Waals surface area contributed by atoms with Gasteiger partial charge >= 0.3 is 0 Å². The van der Waals surface area contributed by atoms with Crippen LogP contribution in [0.5, 0.6) is 0 Å². The van der Waals surface area contributed by atoms with Gasteiger partial charge in [-0.2, -0.15) is 0 Å². The highest BCUT2D eigenvalue weighted by Crippen LogP contribution is 2.41. The fraction of sp³-hybridized carbons (Fsp3) is 1.00. The normalized spacial score (nSPS) is 24.4. The van der Waals surface area contributed by atoms with Gasteiger partial charge in [-0.3, -0.25) is 0 Å². The van der Waals surface area contributed by atoms with Gasteiger partial charge in [-0.25, -0.2) is 0 Å². The first-order valence-corrected chi connectivity index (χ1v) is 6.77. The van der Waals surface area contributed by atoms with Crippen molar-refractivity contribution in [1.29, 1.82) is 0 Å². The van der Waals surface area contributed by atoms with Gasteiger partial charge in [0, 0.05) is 12.6 Å². The van der Waals surface area contributed by atoms with Crippen molar-refractivity contribution in [3.63, 3.8) is 0 Å². The van der Waals surface area contributed by atoms with E-state index in [1.807, 2.05) is 0 Å². The summed E-state index contributed by atoms with van der Waals surface area (Å²) in [7, 11) is 0. The molecular formula is C13H25NO2. The summed E-state index contributed by atoms with van der Waals surface area (Å²) in [6.07, 6.45) is 7.32. The average Bonchev–Trinajstić information content (AvgIpc) is 3.15. The largest absolute Gasteiger partial charge is 0.394 e. The summed E-state index contributed by atoms with van der Waals surface area (Å²) in [6, 6.07) is 0.641. The first-order chi connectivity index (χ1) is 7.80. The molecule has 3 nitrogen and oxygen atoms in total. The fourth-order valence-corrected chi connectivity index (χ4v) is 2.27. The predicted octanol–water partition coefficient (Wildman–Crippen LogP) is 1.70. The summed E-state index contributed by atoms with van der Waals surface area (Å²) in [6.45, 7) is 3.91. The van der Waals surface area contributed by atoms with Crippen molar-refractivity contribution in [3.8, 4) is 0 Å². The van der Waals surface area contributed by atoms with E-state index >= 15 is 0 Å². The Kier molecular flexibility index (Phi) is 4.22. The topological polar surface area (TPSA) is 41.5 Å². The van der Waals surface area contributed by atoms with Crippen LogP contribution in [0.4, 0.5) is 0 Å². The van der Waals surface area contributed by atoms with Crippen LogP contribution in [0.1, 0.15) is 45.4 Å². The summed E-state index contributed by atoms with van der Waals surface area (Å²) in [5.41, 5.74) is -0.130. The SMILES string of the molecule is CCCCOCC(CO)(NC1CC1)C1CC1. The Bertz CT molecular complexity index is 214. The summed E-state index contributed by atoms with van der Waals surface area (Å²) in [5.74, 6) is 0.639. The predicted molar refractivity (Wildman–Crippen MR) is 64.4 cm³/mol. The van der Waals surface area contributed by atoms with Crippen LogP contribution < -0.4 is 5.32 Å². The molecule has 2 aliphatic rings. The second-order valence-corrected chi connectivity index (χ2v) is 5.41. The molecule has 0 aromatic rings. The van der Waals surface area contributed by atoms with E-state index in [9.17, 15) is 5.11 Å². The number of hydrogen-bond donors (Lipinski definition) is 2. The zero-order valence-corrected chi connectivity index (χ0v) is 10.4. The molecule has 0 aliphatic heterocycles. The van der Waals surface area contributed by atoms with Crippen LogP contribution in [0.2, 0.25) is 0 Å².